The summed E-state index contributed by atoms with van der Waals surface area (Å²) in [4.78, 5) is 0. The van der Waals surface area contributed by atoms with Crippen molar-refractivity contribution in [3.8, 4) is 11.5 Å². The Morgan fingerprint density at radius 2 is 2.00 bits per heavy atom. The molecule has 0 saturated carbocycles. The summed E-state index contributed by atoms with van der Waals surface area (Å²) in [6, 6.07) is 10.5. The first kappa shape index (κ1) is 13.1. The summed E-state index contributed by atoms with van der Waals surface area (Å²) in [6.07, 6.45) is 0. The molecule has 0 bridgehead atoms. The van der Waals surface area contributed by atoms with Crippen LogP contribution in [0, 0.1) is 5.82 Å². The summed E-state index contributed by atoms with van der Waals surface area (Å²) in [5.74, 6) is 0.999. The summed E-state index contributed by atoms with van der Waals surface area (Å²) < 4.78 is 24.5. The van der Waals surface area contributed by atoms with Crippen molar-refractivity contribution in [2.75, 3.05) is 12.1 Å². The van der Waals surface area contributed by atoms with E-state index >= 15 is 0 Å². The zero-order valence-electron chi connectivity index (χ0n) is 10.8. The predicted octanol–water partition coefficient (Wildman–Crippen LogP) is 4.38. The Hall–Kier alpha value is -1.94. The fraction of sp³-hybridized carbons (Fsp3) is 0.200. The summed E-state index contributed by atoms with van der Waals surface area (Å²) in [5, 5.41) is 3.21. The lowest BCUT2D eigenvalue weighted by molar-refractivity contribution is 0.174. The fourth-order valence-electron chi connectivity index (χ4n) is 2.11. The van der Waals surface area contributed by atoms with Gasteiger partial charge in [0.05, 0.1) is 10.7 Å². The molecular weight excluding hydrogens is 281 g/mol. The van der Waals surface area contributed by atoms with Crippen LogP contribution < -0.4 is 14.8 Å². The number of halogens is 2. The molecule has 104 valence electrons. The molecule has 3 rings (SSSR count). The van der Waals surface area contributed by atoms with E-state index in [0.717, 1.165) is 11.3 Å². The lowest BCUT2D eigenvalue weighted by atomic mass is 10.1. The van der Waals surface area contributed by atoms with E-state index in [0.29, 0.717) is 11.4 Å². The molecule has 1 heterocycles. The average molecular weight is 294 g/mol. The van der Waals surface area contributed by atoms with Crippen LogP contribution in [0.15, 0.2) is 36.4 Å². The van der Waals surface area contributed by atoms with E-state index < -0.39 is 5.82 Å². The van der Waals surface area contributed by atoms with Gasteiger partial charge in [0.1, 0.15) is 0 Å². The second-order valence-electron chi connectivity index (χ2n) is 4.58. The molecule has 1 aliphatic rings. The Morgan fingerprint density at radius 1 is 1.20 bits per heavy atom. The number of fused-ring (bicyclic) bond motifs is 1. The summed E-state index contributed by atoms with van der Waals surface area (Å²) in [7, 11) is 0. The first-order chi connectivity index (χ1) is 9.65. The van der Waals surface area contributed by atoms with Crippen LogP contribution in [0.3, 0.4) is 0 Å². The Bertz CT molecular complexity index is 648. The summed E-state index contributed by atoms with van der Waals surface area (Å²) >= 11 is 5.77. The van der Waals surface area contributed by atoms with E-state index in [4.69, 9.17) is 21.1 Å². The molecule has 0 aliphatic carbocycles. The van der Waals surface area contributed by atoms with Gasteiger partial charge in [0.2, 0.25) is 6.79 Å². The molecular formula is C15H13ClFNO2. The van der Waals surface area contributed by atoms with Crippen LogP contribution >= 0.6 is 11.6 Å². The van der Waals surface area contributed by atoms with Gasteiger partial charge in [-0.3, -0.25) is 0 Å². The minimum absolute atomic E-state index is 0.0857. The number of hydrogen-bond acceptors (Lipinski definition) is 3. The van der Waals surface area contributed by atoms with Crippen molar-refractivity contribution in [3.63, 3.8) is 0 Å². The maximum Gasteiger partial charge on any atom is 0.231 e. The van der Waals surface area contributed by atoms with Crippen LogP contribution in [0.4, 0.5) is 10.1 Å². The van der Waals surface area contributed by atoms with Crippen molar-refractivity contribution in [1.82, 2.24) is 0 Å². The van der Waals surface area contributed by atoms with Crippen molar-refractivity contribution in [2.45, 2.75) is 13.0 Å². The number of anilines is 1. The summed E-state index contributed by atoms with van der Waals surface area (Å²) in [5.41, 5.74) is 1.36. The Balaban J connectivity index is 1.82. The fourth-order valence-corrected chi connectivity index (χ4v) is 2.29. The van der Waals surface area contributed by atoms with Crippen LogP contribution in [0.5, 0.6) is 11.5 Å². The molecule has 1 atom stereocenters. The minimum atomic E-state index is -0.443. The first-order valence-electron chi connectivity index (χ1n) is 6.25. The molecule has 0 fully saturated rings. The third-order valence-corrected chi connectivity index (χ3v) is 3.51. The van der Waals surface area contributed by atoms with E-state index in [1.807, 2.05) is 25.1 Å². The Labute approximate surface area is 121 Å². The van der Waals surface area contributed by atoms with Gasteiger partial charge in [-0.15, -0.1) is 0 Å². The van der Waals surface area contributed by atoms with Gasteiger partial charge in [-0.25, -0.2) is 4.39 Å². The second kappa shape index (κ2) is 5.21. The van der Waals surface area contributed by atoms with E-state index in [2.05, 4.69) is 5.32 Å². The third kappa shape index (κ3) is 2.39. The Morgan fingerprint density at radius 3 is 2.85 bits per heavy atom. The van der Waals surface area contributed by atoms with Gasteiger partial charge in [0, 0.05) is 6.04 Å². The van der Waals surface area contributed by atoms with Gasteiger partial charge < -0.3 is 14.8 Å². The van der Waals surface area contributed by atoms with E-state index in [1.54, 1.807) is 12.1 Å². The molecule has 1 N–H and O–H groups in total. The highest BCUT2D eigenvalue weighted by molar-refractivity contribution is 6.31. The average Bonchev–Trinajstić information content (AvgIpc) is 2.91. The molecule has 2 aromatic carbocycles. The topological polar surface area (TPSA) is 30.5 Å². The number of benzene rings is 2. The number of rotatable bonds is 3. The maximum absolute atomic E-state index is 13.9. The summed E-state index contributed by atoms with van der Waals surface area (Å²) in [6.45, 7) is 2.18. The number of ether oxygens (including phenoxy) is 2. The zero-order chi connectivity index (χ0) is 14.1. The van der Waals surface area contributed by atoms with Gasteiger partial charge in [-0.2, -0.15) is 0 Å². The van der Waals surface area contributed by atoms with Crippen molar-refractivity contribution in [2.24, 2.45) is 0 Å². The van der Waals surface area contributed by atoms with E-state index in [9.17, 15) is 4.39 Å². The van der Waals surface area contributed by atoms with Crippen molar-refractivity contribution >= 4 is 17.3 Å². The van der Waals surface area contributed by atoms with Gasteiger partial charge in [-0.1, -0.05) is 23.7 Å². The maximum atomic E-state index is 13.9. The van der Waals surface area contributed by atoms with Crippen LogP contribution in [0.1, 0.15) is 18.5 Å². The molecule has 3 nitrogen and oxygen atoms in total. The smallest absolute Gasteiger partial charge is 0.231 e. The third-order valence-electron chi connectivity index (χ3n) is 3.22. The van der Waals surface area contributed by atoms with Crippen LogP contribution in [-0.2, 0) is 0 Å². The molecule has 2 aromatic rings. The number of nitrogens with one attached hydrogen (secondary N) is 1. The Kier molecular flexibility index (Phi) is 3.40. The molecule has 1 unspecified atom stereocenters. The minimum Gasteiger partial charge on any atom is -0.454 e. The SMILES string of the molecule is CC(Nc1cccc(Cl)c1F)c1ccc2c(c1)OCO2. The molecule has 0 spiro atoms. The van der Waals surface area contributed by atoms with Gasteiger partial charge in [-0.05, 0) is 36.8 Å². The van der Waals surface area contributed by atoms with Crippen molar-refractivity contribution < 1.29 is 13.9 Å². The highest BCUT2D eigenvalue weighted by atomic mass is 35.5. The first-order valence-corrected chi connectivity index (χ1v) is 6.63. The van der Waals surface area contributed by atoms with Crippen LogP contribution in [-0.4, -0.2) is 6.79 Å². The largest absolute Gasteiger partial charge is 0.454 e. The normalized spacial score (nSPS) is 14.2. The number of hydrogen-bond donors (Lipinski definition) is 1. The van der Waals surface area contributed by atoms with Crippen LogP contribution in [0.25, 0.3) is 0 Å². The van der Waals surface area contributed by atoms with Crippen molar-refractivity contribution in [3.05, 3.63) is 52.8 Å². The van der Waals surface area contributed by atoms with Gasteiger partial charge in [0.15, 0.2) is 17.3 Å². The standard InChI is InChI=1S/C15H13ClFNO2/c1-9(18-12-4-2-3-11(16)15(12)17)10-5-6-13-14(7-10)20-8-19-13/h2-7,9,18H,8H2,1H3. The molecule has 0 saturated heterocycles. The quantitative estimate of drug-likeness (QED) is 0.911. The monoisotopic (exact) mass is 293 g/mol. The van der Waals surface area contributed by atoms with Crippen molar-refractivity contribution in [1.29, 1.82) is 0 Å². The van der Waals surface area contributed by atoms with E-state index in [-0.39, 0.29) is 17.9 Å². The highest BCUT2D eigenvalue weighted by Crippen LogP contribution is 2.35. The highest BCUT2D eigenvalue weighted by Gasteiger charge is 2.16. The molecule has 0 aromatic heterocycles. The van der Waals surface area contributed by atoms with Gasteiger partial charge >= 0.3 is 0 Å². The zero-order valence-corrected chi connectivity index (χ0v) is 11.6. The predicted molar refractivity (Wildman–Crippen MR) is 76.0 cm³/mol. The van der Waals surface area contributed by atoms with E-state index in [1.165, 1.54) is 6.07 Å². The lowest BCUT2D eigenvalue weighted by Gasteiger charge is -2.17. The molecule has 0 amide bonds. The van der Waals surface area contributed by atoms with Crippen LogP contribution in [0.2, 0.25) is 5.02 Å². The molecule has 5 heteroatoms. The second-order valence-corrected chi connectivity index (χ2v) is 4.99. The lowest BCUT2D eigenvalue weighted by Crippen LogP contribution is -2.08. The molecule has 0 radical (unpaired) electrons. The molecule has 20 heavy (non-hydrogen) atoms. The van der Waals surface area contributed by atoms with Gasteiger partial charge in [0.25, 0.3) is 0 Å². The molecule has 1 aliphatic heterocycles.